The molecule has 0 aromatic heterocycles. The van der Waals surface area contributed by atoms with Gasteiger partial charge in [0.15, 0.2) is 5.84 Å². The maximum atomic E-state index is 8.53. The molecule has 0 unspecified atom stereocenters. The molecule has 0 bridgehead atoms. The average Bonchev–Trinajstić information content (AvgIpc) is 2.38. The molecule has 5 nitrogen and oxygen atoms in total. The molecule has 0 aliphatic carbocycles. The fourth-order valence-electron chi connectivity index (χ4n) is 1.53. The Morgan fingerprint density at radius 1 is 1.41 bits per heavy atom. The highest BCUT2D eigenvalue weighted by molar-refractivity contribution is 5.81. The Labute approximate surface area is 101 Å². The second-order valence-corrected chi connectivity index (χ2v) is 3.74. The van der Waals surface area contributed by atoms with E-state index in [1.54, 1.807) is 7.11 Å². The molecule has 0 heterocycles. The van der Waals surface area contributed by atoms with Gasteiger partial charge in [0, 0.05) is 6.54 Å². The lowest BCUT2D eigenvalue weighted by atomic mass is 10.2. The van der Waals surface area contributed by atoms with E-state index < -0.39 is 0 Å². The molecule has 0 atom stereocenters. The third-order valence-corrected chi connectivity index (χ3v) is 2.53. The van der Waals surface area contributed by atoms with Crippen molar-refractivity contribution in [1.82, 2.24) is 4.90 Å². The van der Waals surface area contributed by atoms with Crippen molar-refractivity contribution in [3.05, 3.63) is 29.8 Å². The van der Waals surface area contributed by atoms with Gasteiger partial charge in [0.2, 0.25) is 0 Å². The van der Waals surface area contributed by atoms with E-state index >= 15 is 0 Å². The highest BCUT2D eigenvalue weighted by Gasteiger charge is 2.06. The number of likely N-dealkylation sites (N-methyl/N-ethyl adjacent to an activating group) is 1. The third kappa shape index (κ3) is 4.32. The lowest BCUT2D eigenvalue weighted by Crippen LogP contribution is -2.33. The zero-order chi connectivity index (χ0) is 12.7. The average molecular weight is 237 g/mol. The summed E-state index contributed by atoms with van der Waals surface area (Å²) in [6.07, 6.45) is 0. The van der Waals surface area contributed by atoms with Crippen LogP contribution >= 0.6 is 0 Å². The van der Waals surface area contributed by atoms with E-state index in [0.29, 0.717) is 6.54 Å². The zero-order valence-corrected chi connectivity index (χ0v) is 10.3. The van der Waals surface area contributed by atoms with E-state index in [2.05, 4.69) is 10.1 Å². The van der Waals surface area contributed by atoms with Crippen molar-refractivity contribution < 1.29 is 9.94 Å². The molecule has 1 aromatic carbocycles. The van der Waals surface area contributed by atoms with Gasteiger partial charge in [0.05, 0.1) is 13.7 Å². The molecule has 17 heavy (non-hydrogen) atoms. The topological polar surface area (TPSA) is 71.1 Å². The Hall–Kier alpha value is -1.75. The van der Waals surface area contributed by atoms with Crippen LogP contribution in [0.1, 0.15) is 12.5 Å². The summed E-state index contributed by atoms with van der Waals surface area (Å²) in [5.74, 6) is 1.06. The van der Waals surface area contributed by atoms with Crippen molar-refractivity contribution >= 4 is 5.84 Å². The minimum Gasteiger partial charge on any atom is -0.497 e. The number of ether oxygens (including phenoxy) is 1. The maximum absolute atomic E-state index is 8.53. The van der Waals surface area contributed by atoms with Crippen molar-refractivity contribution in [3.8, 4) is 5.75 Å². The summed E-state index contributed by atoms with van der Waals surface area (Å²) in [5.41, 5.74) is 6.65. The number of hydrogen-bond donors (Lipinski definition) is 2. The molecule has 0 aliphatic rings. The minimum absolute atomic E-state index is 0.223. The molecular weight excluding hydrogens is 218 g/mol. The molecule has 3 N–H and O–H groups in total. The Balaban J connectivity index is 2.60. The summed E-state index contributed by atoms with van der Waals surface area (Å²) in [6, 6.07) is 7.86. The molecule has 0 radical (unpaired) electrons. The summed E-state index contributed by atoms with van der Waals surface area (Å²) < 4.78 is 5.10. The number of nitrogens with zero attached hydrogens (tertiary/aromatic N) is 2. The van der Waals surface area contributed by atoms with Crippen LogP contribution in [0.25, 0.3) is 0 Å². The largest absolute Gasteiger partial charge is 0.497 e. The van der Waals surface area contributed by atoms with E-state index in [1.807, 2.05) is 31.2 Å². The van der Waals surface area contributed by atoms with Crippen molar-refractivity contribution in [2.45, 2.75) is 13.5 Å². The molecule has 0 spiro atoms. The summed E-state index contributed by atoms with van der Waals surface area (Å²) in [7, 11) is 1.64. The number of amidine groups is 1. The Morgan fingerprint density at radius 2 is 2.06 bits per heavy atom. The molecule has 1 aromatic rings. The molecule has 5 heteroatoms. The zero-order valence-electron chi connectivity index (χ0n) is 10.3. The first-order chi connectivity index (χ1) is 8.19. The minimum atomic E-state index is 0.223. The standard InChI is InChI=1S/C12H19N3O2/c1-3-15(9-12(13)14-16)8-10-4-6-11(17-2)7-5-10/h4-7,16H,3,8-9H2,1-2H3,(H2,13,14). The lowest BCUT2D eigenvalue weighted by Gasteiger charge is -2.19. The fraction of sp³-hybridized carbons (Fsp3) is 0.417. The van der Waals surface area contributed by atoms with Crippen LogP contribution in [0.15, 0.2) is 29.4 Å². The van der Waals surface area contributed by atoms with Crippen molar-refractivity contribution in [2.75, 3.05) is 20.2 Å². The van der Waals surface area contributed by atoms with E-state index in [1.165, 1.54) is 5.56 Å². The Kier molecular flexibility index (Phi) is 5.29. The number of oxime groups is 1. The molecule has 0 saturated heterocycles. The molecule has 0 saturated carbocycles. The predicted molar refractivity (Wildman–Crippen MR) is 67.4 cm³/mol. The molecule has 0 aliphatic heterocycles. The molecule has 0 fully saturated rings. The van der Waals surface area contributed by atoms with Gasteiger partial charge in [0.25, 0.3) is 0 Å². The first-order valence-electron chi connectivity index (χ1n) is 5.51. The van der Waals surface area contributed by atoms with Crippen molar-refractivity contribution in [3.63, 3.8) is 0 Å². The van der Waals surface area contributed by atoms with E-state index in [0.717, 1.165) is 18.8 Å². The van der Waals surface area contributed by atoms with Gasteiger partial charge in [-0.15, -0.1) is 0 Å². The van der Waals surface area contributed by atoms with Gasteiger partial charge < -0.3 is 15.7 Å². The monoisotopic (exact) mass is 237 g/mol. The third-order valence-electron chi connectivity index (χ3n) is 2.53. The summed E-state index contributed by atoms with van der Waals surface area (Å²) >= 11 is 0. The molecule has 1 rings (SSSR count). The van der Waals surface area contributed by atoms with Gasteiger partial charge >= 0.3 is 0 Å². The van der Waals surface area contributed by atoms with Crippen LogP contribution < -0.4 is 10.5 Å². The number of rotatable bonds is 6. The molecule has 94 valence electrons. The van der Waals surface area contributed by atoms with Gasteiger partial charge in [-0.3, -0.25) is 4.90 Å². The normalized spacial score (nSPS) is 11.8. The van der Waals surface area contributed by atoms with E-state index in [-0.39, 0.29) is 5.84 Å². The van der Waals surface area contributed by atoms with Gasteiger partial charge in [-0.2, -0.15) is 0 Å². The van der Waals surface area contributed by atoms with Crippen LogP contribution in [0, 0.1) is 0 Å². The van der Waals surface area contributed by atoms with Gasteiger partial charge in [0.1, 0.15) is 5.75 Å². The molecular formula is C12H19N3O2. The van der Waals surface area contributed by atoms with Crippen LogP contribution in [-0.2, 0) is 6.54 Å². The Bertz CT molecular complexity index is 363. The van der Waals surface area contributed by atoms with Crippen molar-refractivity contribution in [2.24, 2.45) is 10.9 Å². The van der Waals surface area contributed by atoms with Crippen LogP contribution in [-0.4, -0.2) is 36.1 Å². The quantitative estimate of drug-likeness (QED) is 0.338. The predicted octanol–water partition coefficient (Wildman–Crippen LogP) is 1.26. The number of hydrogen-bond acceptors (Lipinski definition) is 4. The fourth-order valence-corrected chi connectivity index (χ4v) is 1.53. The first kappa shape index (κ1) is 13.3. The highest BCUT2D eigenvalue weighted by Crippen LogP contribution is 2.12. The smallest absolute Gasteiger partial charge is 0.153 e. The maximum Gasteiger partial charge on any atom is 0.153 e. The number of benzene rings is 1. The Morgan fingerprint density at radius 3 is 2.53 bits per heavy atom. The van der Waals surface area contributed by atoms with Crippen LogP contribution in [0.2, 0.25) is 0 Å². The SMILES string of the molecule is CCN(CC(N)=NO)Cc1ccc(OC)cc1. The molecule has 0 amide bonds. The van der Waals surface area contributed by atoms with Crippen LogP contribution in [0.3, 0.4) is 0 Å². The number of nitrogens with two attached hydrogens (primary N) is 1. The van der Waals surface area contributed by atoms with Crippen LogP contribution in [0.4, 0.5) is 0 Å². The van der Waals surface area contributed by atoms with Gasteiger partial charge in [-0.05, 0) is 24.2 Å². The highest BCUT2D eigenvalue weighted by atomic mass is 16.5. The first-order valence-corrected chi connectivity index (χ1v) is 5.51. The van der Waals surface area contributed by atoms with Gasteiger partial charge in [-0.25, -0.2) is 0 Å². The van der Waals surface area contributed by atoms with Gasteiger partial charge in [-0.1, -0.05) is 24.2 Å². The summed E-state index contributed by atoms with van der Waals surface area (Å²) in [6.45, 7) is 4.09. The second kappa shape index (κ2) is 6.75. The number of methoxy groups -OCH3 is 1. The van der Waals surface area contributed by atoms with Crippen LogP contribution in [0.5, 0.6) is 5.75 Å². The summed E-state index contributed by atoms with van der Waals surface area (Å²) in [5, 5.41) is 11.5. The van der Waals surface area contributed by atoms with Crippen molar-refractivity contribution in [1.29, 1.82) is 0 Å². The van der Waals surface area contributed by atoms with E-state index in [9.17, 15) is 0 Å². The second-order valence-electron chi connectivity index (χ2n) is 3.74. The summed E-state index contributed by atoms with van der Waals surface area (Å²) in [4.78, 5) is 2.08. The lowest BCUT2D eigenvalue weighted by molar-refractivity contribution is 0.294. The van der Waals surface area contributed by atoms with E-state index in [4.69, 9.17) is 15.7 Å².